The minimum Gasteiger partial charge on any atom is -0.506 e. The average Bonchev–Trinajstić information content (AvgIpc) is 2.67. The number of fused-ring (bicyclic) bond motifs is 2. The Hall–Kier alpha value is -1.48. The van der Waals surface area contributed by atoms with Gasteiger partial charge in [0.25, 0.3) is 0 Å². The fourth-order valence-electron chi connectivity index (χ4n) is 3.96. The minimum atomic E-state index is -0.672. The fraction of sp³-hybridized carbons (Fsp3) is 0. The molecule has 0 heterocycles. The highest BCUT2D eigenvalue weighted by Crippen LogP contribution is 2.58. The second kappa shape index (κ2) is 6.01. The van der Waals surface area contributed by atoms with E-state index in [4.69, 9.17) is 0 Å². The Morgan fingerprint density at radius 1 is 0.536 bits per heavy atom. The standard InChI is InChI=1S/C20H8Br4O4/c21-7-4-5-2-1-3-6-8(5)11(14(7)22)12-10-9(6)18(26)20(28)19(27)13(10)17(25)16(24)15(12)23/h1-4,25-28H. The van der Waals surface area contributed by atoms with Crippen molar-refractivity contribution in [1.82, 2.24) is 0 Å². The van der Waals surface area contributed by atoms with E-state index in [1.54, 1.807) is 0 Å². The van der Waals surface area contributed by atoms with E-state index in [-0.39, 0.29) is 11.1 Å². The summed E-state index contributed by atoms with van der Waals surface area (Å²) in [5.74, 6) is -1.92. The van der Waals surface area contributed by atoms with Crippen LogP contribution in [0.5, 0.6) is 23.0 Å². The number of phenolic OH excluding ortho intramolecular Hbond substituents is 4. The van der Waals surface area contributed by atoms with Gasteiger partial charge in [0, 0.05) is 35.0 Å². The highest BCUT2D eigenvalue weighted by molar-refractivity contribution is 9.13. The second-order valence-electron chi connectivity index (χ2n) is 6.47. The summed E-state index contributed by atoms with van der Waals surface area (Å²) < 4.78 is 2.54. The predicted molar refractivity (Wildman–Crippen MR) is 125 cm³/mol. The normalized spacial score (nSPS) is 12.1. The highest BCUT2D eigenvalue weighted by Gasteiger charge is 2.28. The first-order valence-electron chi connectivity index (χ1n) is 7.97. The first kappa shape index (κ1) is 18.5. The fourth-order valence-corrected chi connectivity index (χ4v) is 5.90. The minimum absolute atomic E-state index is 0.0601. The Morgan fingerprint density at radius 2 is 1.18 bits per heavy atom. The third-order valence-corrected chi connectivity index (χ3v) is 9.18. The molecule has 0 atom stereocenters. The maximum Gasteiger partial charge on any atom is 0.201 e. The van der Waals surface area contributed by atoms with E-state index in [2.05, 4.69) is 63.7 Å². The maximum absolute atomic E-state index is 10.7. The maximum atomic E-state index is 10.7. The van der Waals surface area contributed by atoms with E-state index in [0.717, 1.165) is 25.1 Å². The van der Waals surface area contributed by atoms with Crippen molar-refractivity contribution in [2.75, 3.05) is 0 Å². The quantitative estimate of drug-likeness (QED) is 0.0806. The summed E-state index contributed by atoms with van der Waals surface area (Å²) >= 11 is 14.2. The summed E-state index contributed by atoms with van der Waals surface area (Å²) in [5, 5.41) is 47.3. The lowest BCUT2D eigenvalue weighted by molar-refractivity contribution is 0.373. The molecule has 8 heteroatoms. The van der Waals surface area contributed by atoms with E-state index >= 15 is 0 Å². The summed E-state index contributed by atoms with van der Waals surface area (Å²) in [5.41, 5.74) is 0. The molecular formula is C20H8Br4O4. The van der Waals surface area contributed by atoms with E-state index in [9.17, 15) is 20.4 Å². The summed E-state index contributed by atoms with van der Waals surface area (Å²) in [7, 11) is 0. The number of halogens is 4. The van der Waals surface area contributed by atoms with Gasteiger partial charge in [0.2, 0.25) is 5.75 Å². The molecule has 0 bridgehead atoms. The Balaban J connectivity index is 2.38. The highest BCUT2D eigenvalue weighted by atomic mass is 79.9. The van der Waals surface area contributed by atoms with Gasteiger partial charge in [-0.2, -0.15) is 0 Å². The number of rotatable bonds is 0. The number of hydrogen-bond acceptors (Lipinski definition) is 4. The number of hydrogen-bond donors (Lipinski definition) is 4. The second-order valence-corrected chi connectivity index (χ2v) is 9.71. The summed E-state index contributed by atoms with van der Waals surface area (Å²) in [6.07, 6.45) is 0. The molecule has 5 aromatic rings. The van der Waals surface area contributed by atoms with Crippen LogP contribution in [0, 0.1) is 0 Å². The van der Waals surface area contributed by atoms with Crippen molar-refractivity contribution < 1.29 is 20.4 Å². The van der Waals surface area contributed by atoms with Crippen LogP contribution in [0.3, 0.4) is 0 Å². The molecule has 0 aliphatic rings. The SMILES string of the molecule is Oc1c(O)c2c(O)c(Br)c(Br)c3c4c(Br)c(Br)cc5cccc(c(c1O)c23)c54. The van der Waals surface area contributed by atoms with Gasteiger partial charge in [0.05, 0.1) is 9.86 Å². The van der Waals surface area contributed by atoms with Crippen LogP contribution >= 0.6 is 63.7 Å². The first-order chi connectivity index (χ1) is 13.3. The molecule has 0 amide bonds. The van der Waals surface area contributed by atoms with Gasteiger partial charge in [-0.3, -0.25) is 0 Å². The lowest BCUT2D eigenvalue weighted by Gasteiger charge is -2.21. The first-order valence-corrected chi connectivity index (χ1v) is 11.1. The third kappa shape index (κ3) is 2.09. The molecule has 140 valence electrons. The lowest BCUT2D eigenvalue weighted by Crippen LogP contribution is -1.92. The van der Waals surface area contributed by atoms with Crippen molar-refractivity contribution in [3.8, 4) is 23.0 Å². The molecule has 0 saturated heterocycles. The van der Waals surface area contributed by atoms with Crippen LogP contribution in [-0.4, -0.2) is 20.4 Å². The molecule has 0 radical (unpaired) electrons. The van der Waals surface area contributed by atoms with E-state index < -0.39 is 17.2 Å². The molecule has 0 fully saturated rings. The van der Waals surface area contributed by atoms with Crippen LogP contribution in [0.4, 0.5) is 0 Å². The van der Waals surface area contributed by atoms with Crippen LogP contribution in [0.25, 0.3) is 43.1 Å². The van der Waals surface area contributed by atoms with Crippen molar-refractivity contribution in [2.45, 2.75) is 0 Å². The van der Waals surface area contributed by atoms with Crippen molar-refractivity contribution in [2.24, 2.45) is 0 Å². The van der Waals surface area contributed by atoms with Crippen molar-refractivity contribution >= 4 is 107 Å². The molecule has 5 aromatic carbocycles. The number of benzene rings is 5. The van der Waals surface area contributed by atoms with Gasteiger partial charge < -0.3 is 20.4 Å². The summed E-state index contributed by atoms with van der Waals surface area (Å²) in [6, 6.07) is 7.63. The van der Waals surface area contributed by atoms with Crippen LogP contribution in [0.15, 0.2) is 42.2 Å². The molecule has 4 nitrogen and oxygen atoms in total. The smallest absolute Gasteiger partial charge is 0.201 e. The van der Waals surface area contributed by atoms with Crippen molar-refractivity contribution in [3.05, 3.63) is 42.2 Å². The van der Waals surface area contributed by atoms with Crippen LogP contribution in [-0.2, 0) is 0 Å². The van der Waals surface area contributed by atoms with Crippen LogP contribution in [0.1, 0.15) is 0 Å². The van der Waals surface area contributed by atoms with Gasteiger partial charge in [0.15, 0.2) is 11.5 Å². The summed E-state index contributed by atoms with van der Waals surface area (Å²) in [6.45, 7) is 0. The lowest BCUT2D eigenvalue weighted by atomic mass is 9.88. The van der Waals surface area contributed by atoms with E-state index in [0.29, 0.717) is 30.5 Å². The molecule has 28 heavy (non-hydrogen) atoms. The Labute approximate surface area is 191 Å². The molecule has 5 rings (SSSR count). The number of phenols is 4. The van der Waals surface area contributed by atoms with Crippen molar-refractivity contribution in [3.63, 3.8) is 0 Å². The Morgan fingerprint density at radius 3 is 1.89 bits per heavy atom. The van der Waals surface area contributed by atoms with Gasteiger partial charge in [0.1, 0.15) is 5.75 Å². The molecule has 4 N–H and O–H groups in total. The number of aromatic hydroxyl groups is 4. The predicted octanol–water partition coefficient (Wildman–Crippen LogP) is 7.61. The monoisotopic (exact) mass is 628 g/mol. The molecule has 0 unspecified atom stereocenters. The van der Waals surface area contributed by atoms with Crippen LogP contribution in [0.2, 0.25) is 0 Å². The van der Waals surface area contributed by atoms with Gasteiger partial charge in [-0.1, -0.05) is 18.2 Å². The van der Waals surface area contributed by atoms with Gasteiger partial charge in [-0.05, 0) is 85.9 Å². The van der Waals surface area contributed by atoms with Crippen LogP contribution < -0.4 is 0 Å². The molecule has 0 spiro atoms. The van der Waals surface area contributed by atoms with Gasteiger partial charge in [-0.15, -0.1) is 0 Å². The zero-order valence-electron chi connectivity index (χ0n) is 13.6. The van der Waals surface area contributed by atoms with Crippen molar-refractivity contribution in [1.29, 1.82) is 0 Å². The molecule has 0 saturated carbocycles. The van der Waals surface area contributed by atoms with E-state index in [1.165, 1.54) is 0 Å². The molecule has 0 aromatic heterocycles. The van der Waals surface area contributed by atoms with Gasteiger partial charge >= 0.3 is 0 Å². The molecular weight excluding hydrogens is 624 g/mol. The average molecular weight is 632 g/mol. The third-order valence-electron chi connectivity index (χ3n) is 5.11. The zero-order chi connectivity index (χ0) is 20.1. The Kier molecular flexibility index (Phi) is 3.98. The zero-order valence-corrected chi connectivity index (χ0v) is 20.0. The topological polar surface area (TPSA) is 80.9 Å². The largest absolute Gasteiger partial charge is 0.506 e. The Bertz CT molecular complexity index is 1490. The van der Waals surface area contributed by atoms with E-state index in [1.807, 2.05) is 24.3 Å². The van der Waals surface area contributed by atoms with Gasteiger partial charge in [-0.25, -0.2) is 0 Å². The summed E-state index contributed by atoms with van der Waals surface area (Å²) in [4.78, 5) is 0. The molecule has 0 aliphatic heterocycles. The molecule has 0 aliphatic carbocycles.